The molecule has 6 heteroatoms. The van der Waals surface area contributed by atoms with Crippen molar-refractivity contribution in [2.75, 3.05) is 38.3 Å². The van der Waals surface area contributed by atoms with Crippen LogP contribution in [0.4, 0.5) is 5.82 Å². The standard InChI is InChI=1S/C22H30N4O2/c1-28-16-22(27)26-12-6-2-3-9-20(26)17-10-13-25(14-11-17)21-15-23-18-7-4-5-8-19(18)24-21/h4-5,7-8,15,17,20H,2-3,6,9-14,16H2,1H3/t20-/m0/s1. The highest BCUT2D eigenvalue weighted by molar-refractivity contribution is 5.78. The normalized spacial score (nSPS) is 21.7. The molecule has 0 bridgehead atoms. The van der Waals surface area contributed by atoms with Crippen molar-refractivity contribution in [2.45, 2.75) is 44.6 Å². The molecule has 2 aromatic rings. The van der Waals surface area contributed by atoms with Gasteiger partial charge in [0.1, 0.15) is 12.4 Å². The highest BCUT2D eigenvalue weighted by Gasteiger charge is 2.34. The fraction of sp³-hybridized carbons (Fsp3) is 0.591. The van der Waals surface area contributed by atoms with Crippen LogP contribution in [0, 0.1) is 5.92 Å². The van der Waals surface area contributed by atoms with E-state index in [9.17, 15) is 4.79 Å². The first-order valence-corrected chi connectivity index (χ1v) is 10.5. The van der Waals surface area contributed by atoms with Crippen molar-refractivity contribution in [3.63, 3.8) is 0 Å². The van der Waals surface area contributed by atoms with Crippen LogP contribution < -0.4 is 4.90 Å². The van der Waals surface area contributed by atoms with E-state index in [4.69, 9.17) is 9.72 Å². The van der Waals surface area contributed by atoms with Crippen LogP contribution in [-0.4, -0.2) is 60.2 Å². The fourth-order valence-corrected chi connectivity index (χ4v) is 4.75. The number of anilines is 1. The largest absolute Gasteiger partial charge is 0.375 e. The van der Waals surface area contributed by atoms with E-state index < -0.39 is 0 Å². The van der Waals surface area contributed by atoms with E-state index in [1.807, 2.05) is 30.5 Å². The Bertz CT molecular complexity index is 804. The lowest BCUT2D eigenvalue weighted by atomic mass is 9.86. The highest BCUT2D eigenvalue weighted by atomic mass is 16.5. The van der Waals surface area contributed by atoms with Crippen molar-refractivity contribution in [1.82, 2.24) is 14.9 Å². The van der Waals surface area contributed by atoms with Crippen molar-refractivity contribution >= 4 is 22.8 Å². The Morgan fingerprint density at radius 2 is 1.86 bits per heavy atom. The highest BCUT2D eigenvalue weighted by Crippen LogP contribution is 2.31. The fourth-order valence-electron chi connectivity index (χ4n) is 4.75. The van der Waals surface area contributed by atoms with Crippen LogP contribution in [0.3, 0.4) is 0 Å². The van der Waals surface area contributed by atoms with Gasteiger partial charge in [0.15, 0.2) is 0 Å². The van der Waals surface area contributed by atoms with Gasteiger partial charge in [0.25, 0.3) is 0 Å². The third-order valence-corrected chi connectivity index (χ3v) is 6.23. The third kappa shape index (κ3) is 4.12. The Labute approximate surface area is 166 Å². The van der Waals surface area contributed by atoms with Crippen LogP contribution in [0.2, 0.25) is 0 Å². The number of ether oxygens (including phenoxy) is 1. The van der Waals surface area contributed by atoms with Crippen molar-refractivity contribution in [2.24, 2.45) is 5.92 Å². The number of rotatable bonds is 4. The number of methoxy groups -OCH3 is 1. The zero-order chi connectivity index (χ0) is 19.3. The molecule has 28 heavy (non-hydrogen) atoms. The summed E-state index contributed by atoms with van der Waals surface area (Å²) in [7, 11) is 1.60. The van der Waals surface area contributed by atoms with Gasteiger partial charge in [0.2, 0.25) is 5.91 Å². The molecule has 1 aromatic heterocycles. The summed E-state index contributed by atoms with van der Waals surface area (Å²) < 4.78 is 5.13. The zero-order valence-corrected chi connectivity index (χ0v) is 16.7. The van der Waals surface area contributed by atoms with Crippen LogP contribution >= 0.6 is 0 Å². The number of aromatic nitrogens is 2. The molecular weight excluding hydrogens is 352 g/mol. The average Bonchev–Trinajstić information content (AvgIpc) is 3.00. The Hall–Kier alpha value is -2.21. The third-order valence-electron chi connectivity index (χ3n) is 6.23. The number of hydrogen-bond acceptors (Lipinski definition) is 5. The molecule has 0 N–H and O–H groups in total. The molecule has 1 atom stereocenters. The monoisotopic (exact) mass is 382 g/mol. The Morgan fingerprint density at radius 1 is 1.07 bits per heavy atom. The summed E-state index contributed by atoms with van der Waals surface area (Å²) in [6.07, 6.45) is 8.75. The van der Waals surface area contributed by atoms with Gasteiger partial charge in [-0.1, -0.05) is 25.0 Å². The number of amides is 1. The zero-order valence-electron chi connectivity index (χ0n) is 16.7. The summed E-state index contributed by atoms with van der Waals surface area (Å²) in [4.78, 5) is 26.4. The van der Waals surface area contributed by atoms with E-state index in [1.165, 1.54) is 12.8 Å². The summed E-state index contributed by atoms with van der Waals surface area (Å²) in [5.74, 6) is 1.67. The lowest BCUT2D eigenvalue weighted by molar-refractivity contribution is -0.138. The minimum absolute atomic E-state index is 0.150. The van der Waals surface area contributed by atoms with Crippen LogP contribution in [0.5, 0.6) is 0 Å². The van der Waals surface area contributed by atoms with Gasteiger partial charge in [0, 0.05) is 32.8 Å². The van der Waals surface area contributed by atoms with E-state index in [0.717, 1.165) is 62.2 Å². The molecule has 3 heterocycles. The Kier molecular flexibility index (Phi) is 6.05. The lowest BCUT2D eigenvalue weighted by Gasteiger charge is -2.41. The average molecular weight is 383 g/mol. The Morgan fingerprint density at radius 3 is 2.64 bits per heavy atom. The quantitative estimate of drug-likeness (QED) is 0.812. The van der Waals surface area contributed by atoms with Crippen molar-refractivity contribution in [3.05, 3.63) is 30.5 Å². The van der Waals surface area contributed by atoms with Crippen LogP contribution in [-0.2, 0) is 9.53 Å². The maximum Gasteiger partial charge on any atom is 0.248 e. The number of hydrogen-bond donors (Lipinski definition) is 0. The molecule has 150 valence electrons. The summed E-state index contributed by atoms with van der Waals surface area (Å²) >= 11 is 0. The number of likely N-dealkylation sites (tertiary alicyclic amines) is 1. The van der Waals surface area contributed by atoms with Gasteiger partial charge in [-0.3, -0.25) is 9.78 Å². The molecule has 0 spiro atoms. The molecule has 2 fully saturated rings. The first-order chi connectivity index (χ1) is 13.8. The number of benzene rings is 1. The molecule has 1 amide bonds. The molecule has 0 aliphatic carbocycles. The molecule has 2 saturated heterocycles. The molecule has 0 saturated carbocycles. The maximum atomic E-state index is 12.6. The molecule has 6 nitrogen and oxygen atoms in total. The molecule has 2 aliphatic rings. The van der Waals surface area contributed by atoms with Crippen molar-refractivity contribution < 1.29 is 9.53 Å². The number of carbonyl (C=O) groups excluding carboxylic acids is 1. The first kappa shape index (κ1) is 19.1. The summed E-state index contributed by atoms with van der Waals surface area (Å²) in [6.45, 7) is 3.02. The van der Waals surface area contributed by atoms with E-state index in [-0.39, 0.29) is 12.5 Å². The van der Waals surface area contributed by atoms with Crippen LogP contribution in [0.1, 0.15) is 38.5 Å². The number of fused-ring (bicyclic) bond motifs is 1. The van der Waals surface area contributed by atoms with Crippen LogP contribution in [0.15, 0.2) is 30.5 Å². The van der Waals surface area contributed by atoms with E-state index >= 15 is 0 Å². The predicted octanol–water partition coefficient (Wildman–Crippen LogP) is 3.26. The molecule has 2 aliphatic heterocycles. The second kappa shape index (κ2) is 8.86. The maximum absolute atomic E-state index is 12.6. The molecular formula is C22H30N4O2. The molecule has 0 radical (unpaired) electrons. The van der Waals surface area contributed by atoms with Crippen LogP contribution in [0.25, 0.3) is 11.0 Å². The van der Waals surface area contributed by atoms with Gasteiger partial charge in [0.05, 0.1) is 17.2 Å². The number of piperidine rings is 1. The van der Waals surface area contributed by atoms with E-state index in [2.05, 4.69) is 14.8 Å². The van der Waals surface area contributed by atoms with Gasteiger partial charge in [-0.2, -0.15) is 0 Å². The summed E-state index contributed by atoms with van der Waals surface area (Å²) in [5.41, 5.74) is 1.88. The number of carbonyl (C=O) groups is 1. The van der Waals surface area contributed by atoms with Crippen molar-refractivity contribution in [1.29, 1.82) is 0 Å². The van der Waals surface area contributed by atoms with Gasteiger partial charge in [-0.15, -0.1) is 0 Å². The Balaban J connectivity index is 1.43. The predicted molar refractivity (Wildman–Crippen MR) is 110 cm³/mol. The SMILES string of the molecule is COCC(=O)N1CCCCC[C@H]1C1CCN(c2cnc3ccccc3n2)CC1. The molecule has 1 aromatic carbocycles. The smallest absolute Gasteiger partial charge is 0.248 e. The minimum atomic E-state index is 0.150. The second-order valence-electron chi connectivity index (χ2n) is 7.98. The van der Waals surface area contributed by atoms with Gasteiger partial charge < -0.3 is 14.5 Å². The molecule has 4 rings (SSSR count). The number of nitrogens with zero attached hydrogens (tertiary/aromatic N) is 4. The van der Waals surface area contributed by atoms with Gasteiger partial charge in [-0.05, 0) is 43.7 Å². The van der Waals surface area contributed by atoms with Crippen molar-refractivity contribution in [3.8, 4) is 0 Å². The number of para-hydroxylation sites is 2. The second-order valence-corrected chi connectivity index (χ2v) is 7.98. The molecule has 0 unspecified atom stereocenters. The summed E-state index contributed by atoms with van der Waals surface area (Å²) in [5, 5.41) is 0. The topological polar surface area (TPSA) is 58.6 Å². The van der Waals surface area contributed by atoms with E-state index in [1.54, 1.807) is 7.11 Å². The van der Waals surface area contributed by atoms with E-state index in [0.29, 0.717) is 12.0 Å². The first-order valence-electron chi connectivity index (χ1n) is 10.5. The minimum Gasteiger partial charge on any atom is -0.375 e. The summed E-state index contributed by atoms with van der Waals surface area (Å²) in [6, 6.07) is 8.37. The van der Waals surface area contributed by atoms with Gasteiger partial charge in [-0.25, -0.2) is 4.98 Å². The van der Waals surface area contributed by atoms with Gasteiger partial charge >= 0.3 is 0 Å². The lowest BCUT2D eigenvalue weighted by Crippen LogP contribution is -2.49.